The normalized spacial score (nSPS) is 22.9. The van der Waals surface area contributed by atoms with Crippen LogP contribution in [0.1, 0.15) is 6.42 Å². The minimum Gasteiger partial charge on any atom is -0.283 e. The van der Waals surface area contributed by atoms with Crippen LogP contribution in [0.15, 0.2) is 11.5 Å². The first-order valence-electron chi connectivity index (χ1n) is 2.94. The van der Waals surface area contributed by atoms with Crippen LogP contribution in [0.2, 0.25) is 0 Å². The van der Waals surface area contributed by atoms with Gasteiger partial charge >= 0.3 is 0 Å². The molecule has 1 heterocycles. The lowest BCUT2D eigenvalue weighted by Crippen LogP contribution is -2.18. The van der Waals surface area contributed by atoms with Gasteiger partial charge in [-0.15, -0.1) is 5.47 Å². The summed E-state index contributed by atoms with van der Waals surface area (Å²) in [7, 11) is 4.90. The zero-order valence-electron chi connectivity index (χ0n) is 5.22. The molecule has 3 heteroatoms. The summed E-state index contributed by atoms with van der Waals surface area (Å²) in [5.74, 6) is 0. The average molecular weight is 127 g/mol. The molecule has 0 fully saturated rings. The monoisotopic (exact) mass is 127 g/mol. The first kappa shape index (κ1) is 6.32. The summed E-state index contributed by atoms with van der Waals surface area (Å²) in [6.45, 7) is 2.31. The smallest absolute Gasteiger partial charge is 0.133 e. The minimum absolute atomic E-state index is 1.11. The molecule has 0 aromatic heterocycles. The first-order valence-corrected chi connectivity index (χ1v) is 3.46. The molecule has 0 radical (unpaired) electrons. The predicted molar refractivity (Wildman–Crippen MR) is 42.5 cm³/mol. The molecule has 0 saturated heterocycles. The van der Waals surface area contributed by atoms with Crippen LogP contribution in [-0.4, -0.2) is 25.6 Å². The van der Waals surface area contributed by atoms with Crippen molar-refractivity contribution in [1.29, 1.82) is 0 Å². The summed E-state index contributed by atoms with van der Waals surface area (Å²) in [4.78, 5) is 0. The molecule has 1 nitrogen and oxygen atoms in total. The highest BCUT2D eigenvalue weighted by atomic mass is 31.0. The summed E-state index contributed by atoms with van der Waals surface area (Å²) in [6, 6.07) is 0. The molecule has 1 unspecified atom stereocenters. The molecule has 0 aromatic rings. The minimum atomic E-state index is 1.11. The number of hydrogen-bond donors (Lipinski definition) is 0. The van der Waals surface area contributed by atoms with Gasteiger partial charge < -0.3 is 0 Å². The summed E-state index contributed by atoms with van der Waals surface area (Å²) in [5, 5.41) is 0. The maximum atomic E-state index is 2.71. The molecular weight excluding hydrogens is 116 g/mol. The molecule has 0 N–H and O–H groups in total. The van der Waals surface area contributed by atoms with Gasteiger partial charge in [0.2, 0.25) is 0 Å². The maximum absolute atomic E-state index is 2.71. The number of hydrogen-bond acceptors (Lipinski definition) is 1. The van der Waals surface area contributed by atoms with Crippen molar-refractivity contribution >= 4 is 17.2 Å². The lowest BCUT2D eigenvalue weighted by molar-refractivity contribution is 0.505. The Morgan fingerprint density at radius 3 is 2.88 bits per heavy atom. The Labute approximate surface area is 53.8 Å². The predicted octanol–water partition coefficient (Wildman–Crippen LogP) is -0.000800. The second kappa shape index (κ2) is 2.66. The van der Waals surface area contributed by atoms with Gasteiger partial charge in [-0.05, 0) is 6.42 Å². The fourth-order valence-corrected chi connectivity index (χ4v) is 1.02. The second-order valence-corrected chi connectivity index (χ2v) is 3.03. The van der Waals surface area contributed by atoms with Gasteiger partial charge in [-0.3, -0.25) is 4.67 Å². The van der Waals surface area contributed by atoms with E-state index in [1.807, 2.05) is 0 Å². The van der Waals surface area contributed by atoms with Gasteiger partial charge in [-0.1, -0.05) is 15.5 Å². The Kier molecular flexibility index (Phi) is 2.10. The van der Waals surface area contributed by atoms with Crippen molar-refractivity contribution in [1.82, 2.24) is 4.67 Å². The molecule has 0 bridgehead atoms. The zero-order valence-corrected chi connectivity index (χ0v) is 6.38. The summed E-state index contributed by atoms with van der Waals surface area (Å²) in [5.41, 5.74) is 1.53. The lowest BCUT2D eigenvalue weighted by Gasteiger charge is -2.19. The molecule has 0 spiro atoms. The fourth-order valence-electron chi connectivity index (χ4n) is 0.786. The van der Waals surface area contributed by atoms with E-state index >= 15 is 0 Å². The molecule has 1 atom stereocenters. The standard InChI is InChI=1S/C5H11BNP/c6-5-1-3-7(8)4-2-5/h1H,2-4,6,8H2. The maximum Gasteiger partial charge on any atom is 0.133 e. The lowest BCUT2D eigenvalue weighted by atomic mass is 9.90. The van der Waals surface area contributed by atoms with E-state index in [-0.39, 0.29) is 0 Å². The molecule has 44 valence electrons. The fraction of sp³-hybridized carbons (Fsp3) is 0.600. The van der Waals surface area contributed by atoms with E-state index in [4.69, 9.17) is 0 Å². The van der Waals surface area contributed by atoms with Gasteiger partial charge in [0.1, 0.15) is 7.85 Å². The van der Waals surface area contributed by atoms with Crippen LogP contribution in [0.3, 0.4) is 0 Å². The Morgan fingerprint density at radius 1 is 1.75 bits per heavy atom. The Morgan fingerprint density at radius 2 is 2.50 bits per heavy atom. The summed E-state index contributed by atoms with van der Waals surface area (Å²) >= 11 is 0. The van der Waals surface area contributed by atoms with Gasteiger partial charge in [-0.25, -0.2) is 0 Å². The van der Waals surface area contributed by atoms with Gasteiger partial charge in [0.25, 0.3) is 0 Å². The molecule has 1 aliphatic rings. The highest BCUT2D eigenvalue weighted by Crippen LogP contribution is 2.09. The van der Waals surface area contributed by atoms with Gasteiger partial charge in [0.15, 0.2) is 0 Å². The Hall–Kier alpha value is 0.195. The van der Waals surface area contributed by atoms with Gasteiger partial charge in [0.05, 0.1) is 0 Å². The van der Waals surface area contributed by atoms with E-state index in [9.17, 15) is 0 Å². The van der Waals surface area contributed by atoms with Crippen LogP contribution in [0.25, 0.3) is 0 Å². The molecule has 8 heavy (non-hydrogen) atoms. The van der Waals surface area contributed by atoms with Crippen LogP contribution in [0, 0.1) is 0 Å². The summed E-state index contributed by atoms with van der Waals surface area (Å²) in [6.07, 6.45) is 3.51. The topological polar surface area (TPSA) is 3.24 Å². The quantitative estimate of drug-likeness (QED) is 0.327. The first-order chi connectivity index (χ1) is 3.79. The molecule has 0 saturated carbocycles. The third-order valence-electron chi connectivity index (χ3n) is 1.47. The average Bonchev–Trinajstić information content (AvgIpc) is 1.77. The molecule has 0 aliphatic carbocycles. The van der Waals surface area contributed by atoms with Crippen molar-refractivity contribution in [3.05, 3.63) is 11.5 Å². The van der Waals surface area contributed by atoms with E-state index in [0.717, 1.165) is 6.54 Å². The van der Waals surface area contributed by atoms with Crippen LogP contribution in [0.4, 0.5) is 0 Å². The van der Waals surface area contributed by atoms with E-state index < -0.39 is 0 Å². The number of nitrogens with zero attached hydrogens (tertiary/aromatic N) is 1. The van der Waals surface area contributed by atoms with Crippen molar-refractivity contribution < 1.29 is 0 Å². The van der Waals surface area contributed by atoms with Crippen molar-refractivity contribution in [2.45, 2.75) is 6.42 Å². The Bertz CT molecular complexity index is 113. The zero-order chi connectivity index (χ0) is 5.98. The van der Waals surface area contributed by atoms with Crippen molar-refractivity contribution in [2.75, 3.05) is 13.1 Å². The molecule has 1 aliphatic heterocycles. The van der Waals surface area contributed by atoms with E-state index in [2.05, 4.69) is 28.0 Å². The second-order valence-electron chi connectivity index (χ2n) is 2.30. The van der Waals surface area contributed by atoms with E-state index in [1.54, 1.807) is 0 Å². The van der Waals surface area contributed by atoms with Crippen LogP contribution >= 0.6 is 9.39 Å². The largest absolute Gasteiger partial charge is 0.283 e. The van der Waals surface area contributed by atoms with Crippen LogP contribution in [-0.2, 0) is 0 Å². The molecule has 0 amide bonds. The SMILES string of the molecule is BC1=CCN(P)CC1. The third-order valence-corrected chi connectivity index (χ3v) is 1.94. The highest BCUT2D eigenvalue weighted by molar-refractivity contribution is 7.13. The number of rotatable bonds is 0. The van der Waals surface area contributed by atoms with Crippen molar-refractivity contribution in [3.63, 3.8) is 0 Å². The third kappa shape index (κ3) is 1.61. The van der Waals surface area contributed by atoms with Gasteiger partial charge in [-0.2, -0.15) is 0 Å². The Balaban J connectivity index is 2.42. The highest BCUT2D eigenvalue weighted by Gasteiger charge is 2.01. The summed E-state index contributed by atoms with van der Waals surface area (Å²) < 4.78 is 2.24. The van der Waals surface area contributed by atoms with E-state index in [0.29, 0.717) is 0 Å². The molecular formula is C5H11BNP. The van der Waals surface area contributed by atoms with Crippen LogP contribution in [0.5, 0.6) is 0 Å². The molecule has 0 aromatic carbocycles. The molecule has 1 rings (SSSR count). The van der Waals surface area contributed by atoms with Crippen molar-refractivity contribution in [2.24, 2.45) is 0 Å². The van der Waals surface area contributed by atoms with Crippen molar-refractivity contribution in [3.8, 4) is 0 Å². The van der Waals surface area contributed by atoms with E-state index in [1.165, 1.54) is 18.4 Å². The van der Waals surface area contributed by atoms with Crippen LogP contribution < -0.4 is 0 Å². The van der Waals surface area contributed by atoms with Gasteiger partial charge in [0, 0.05) is 13.1 Å².